The molecule has 0 aliphatic carbocycles. The second-order valence-corrected chi connectivity index (χ2v) is 15.3. The zero-order valence-corrected chi connectivity index (χ0v) is 32.6. The van der Waals surface area contributed by atoms with Gasteiger partial charge in [0.05, 0.1) is 34.4 Å². The number of nitrogens with zero attached hydrogens (tertiary/aromatic N) is 1. The SMILES string of the molecule is CCCCCCC/C=C\C/C=C\C/C=C\CCCCCCCCCCCCCOCC(COP(=O)([O-])OCC[N+](C)(C)C)OC(=O)CC. The lowest BCUT2D eigenvalue weighted by molar-refractivity contribution is -0.870. The molecule has 282 valence electrons. The number of unbranched alkanes of at least 4 members (excludes halogenated alkanes) is 16. The normalized spacial score (nSPS) is 14.4. The van der Waals surface area contributed by atoms with Gasteiger partial charge in [-0.05, 0) is 44.9 Å². The smallest absolute Gasteiger partial charge is 0.305 e. The number of hydrogen-bond acceptors (Lipinski definition) is 7. The second-order valence-electron chi connectivity index (χ2n) is 13.9. The van der Waals surface area contributed by atoms with Crippen LogP contribution >= 0.6 is 7.82 Å². The molecule has 0 bridgehead atoms. The van der Waals surface area contributed by atoms with Gasteiger partial charge in [0.1, 0.15) is 19.3 Å². The van der Waals surface area contributed by atoms with Crippen LogP contribution in [-0.2, 0) is 27.9 Å². The molecule has 0 heterocycles. The van der Waals surface area contributed by atoms with E-state index in [-0.39, 0.29) is 26.2 Å². The Bertz CT molecular complexity index is 869. The number of carbonyl (C=O) groups is 1. The van der Waals surface area contributed by atoms with Crippen molar-refractivity contribution in [2.75, 3.05) is 54.1 Å². The van der Waals surface area contributed by atoms with Gasteiger partial charge < -0.3 is 27.9 Å². The van der Waals surface area contributed by atoms with E-state index >= 15 is 0 Å². The zero-order chi connectivity index (χ0) is 35.6. The molecule has 48 heavy (non-hydrogen) atoms. The molecule has 0 aliphatic rings. The first kappa shape index (κ1) is 46.7. The standard InChI is InChI=1S/C39H74NO7P/c1-6-8-9-10-11-12-13-14-15-16-17-18-19-20-21-22-23-24-25-26-27-28-29-30-31-32-34-44-36-38(47-39(41)7-2)37-46-48(42,43)45-35-33-40(3,4)5/h13-14,16-17,19-20,38H,6-12,15,18,21-37H2,1-5H3/b14-13-,17-16-,20-19-. The molecule has 0 aliphatic heterocycles. The van der Waals surface area contributed by atoms with Crippen LogP contribution in [0.15, 0.2) is 36.5 Å². The molecule has 0 N–H and O–H groups in total. The lowest BCUT2D eigenvalue weighted by atomic mass is 10.1. The maximum Gasteiger partial charge on any atom is 0.305 e. The summed E-state index contributed by atoms with van der Waals surface area (Å²) in [4.78, 5) is 23.8. The molecule has 0 radical (unpaired) electrons. The maximum absolute atomic E-state index is 12.1. The van der Waals surface area contributed by atoms with E-state index in [1.165, 1.54) is 103 Å². The maximum atomic E-state index is 12.1. The van der Waals surface area contributed by atoms with Crippen molar-refractivity contribution in [2.24, 2.45) is 0 Å². The molecule has 2 atom stereocenters. The lowest BCUT2D eigenvalue weighted by Crippen LogP contribution is -2.37. The van der Waals surface area contributed by atoms with Gasteiger partial charge in [-0.2, -0.15) is 0 Å². The molecular weight excluding hydrogens is 625 g/mol. The van der Waals surface area contributed by atoms with Crippen LogP contribution in [0.1, 0.15) is 149 Å². The highest BCUT2D eigenvalue weighted by atomic mass is 31.2. The Morgan fingerprint density at radius 1 is 0.646 bits per heavy atom. The molecule has 0 fully saturated rings. The Labute approximate surface area is 295 Å². The van der Waals surface area contributed by atoms with Crippen LogP contribution in [0.3, 0.4) is 0 Å². The molecule has 0 rings (SSSR count). The van der Waals surface area contributed by atoms with Crippen molar-refractivity contribution < 1.29 is 37.3 Å². The number of ether oxygens (including phenoxy) is 2. The number of quaternary nitrogens is 1. The molecule has 0 saturated carbocycles. The molecule has 0 amide bonds. The van der Waals surface area contributed by atoms with E-state index < -0.39 is 19.9 Å². The van der Waals surface area contributed by atoms with E-state index in [9.17, 15) is 14.3 Å². The lowest BCUT2D eigenvalue weighted by Gasteiger charge is -2.28. The first-order chi connectivity index (χ1) is 23.1. The van der Waals surface area contributed by atoms with Gasteiger partial charge in [0, 0.05) is 13.0 Å². The molecule has 0 aromatic heterocycles. The summed E-state index contributed by atoms with van der Waals surface area (Å²) in [6.07, 6.45) is 38.2. The number of phosphoric ester groups is 1. The van der Waals surface area contributed by atoms with E-state index in [0.29, 0.717) is 17.6 Å². The van der Waals surface area contributed by atoms with E-state index in [0.717, 1.165) is 25.7 Å². The largest absolute Gasteiger partial charge is 0.756 e. The van der Waals surface area contributed by atoms with E-state index in [4.69, 9.17) is 18.5 Å². The monoisotopic (exact) mass is 700 g/mol. The zero-order valence-electron chi connectivity index (χ0n) is 31.7. The highest BCUT2D eigenvalue weighted by Crippen LogP contribution is 2.38. The summed E-state index contributed by atoms with van der Waals surface area (Å²) in [7, 11) is 1.34. The molecule has 0 aromatic carbocycles. The first-order valence-electron chi connectivity index (χ1n) is 19.2. The Kier molecular flexibility index (Phi) is 32.0. The van der Waals surface area contributed by atoms with Gasteiger partial charge >= 0.3 is 5.97 Å². The minimum atomic E-state index is -4.48. The van der Waals surface area contributed by atoms with Crippen molar-refractivity contribution in [2.45, 2.75) is 155 Å². The number of esters is 1. The first-order valence-corrected chi connectivity index (χ1v) is 20.7. The number of likely N-dealkylation sites (N-methyl/N-ethyl adjacent to an activating group) is 1. The van der Waals surface area contributed by atoms with Crippen LogP contribution in [0, 0.1) is 0 Å². The van der Waals surface area contributed by atoms with Gasteiger partial charge in [0.25, 0.3) is 7.82 Å². The van der Waals surface area contributed by atoms with Crippen LogP contribution < -0.4 is 4.89 Å². The van der Waals surface area contributed by atoms with Crippen molar-refractivity contribution >= 4 is 13.8 Å². The number of carbonyl (C=O) groups excluding carboxylic acids is 1. The Morgan fingerprint density at radius 2 is 1.12 bits per heavy atom. The molecule has 0 spiro atoms. The van der Waals surface area contributed by atoms with E-state index in [2.05, 4.69) is 43.4 Å². The van der Waals surface area contributed by atoms with Crippen molar-refractivity contribution in [1.29, 1.82) is 0 Å². The van der Waals surface area contributed by atoms with Gasteiger partial charge in [-0.15, -0.1) is 0 Å². The molecular formula is C39H74NO7P. The highest BCUT2D eigenvalue weighted by molar-refractivity contribution is 7.45. The van der Waals surface area contributed by atoms with E-state index in [1.54, 1.807) is 6.92 Å². The van der Waals surface area contributed by atoms with Crippen LogP contribution in [0.2, 0.25) is 0 Å². The van der Waals surface area contributed by atoms with Gasteiger partial charge in [-0.1, -0.05) is 134 Å². The average molecular weight is 700 g/mol. The number of phosphoric acid groups is 1. The summed E-state index contributed by atoms with van der Waals surface area (Å²) in [5.74, 6) is -0.424. The fourth-order valence-corrected chi connectivity index (χ4v) is 5.67. The third-order valence-corrected chi connectivity index (χ3v) is 8.96. The number of rotatable bonds is 35. The minimum Gasteiger partial charge on any atom is -0.756 e. The molecule has 2 unspecified atom stereocenters. The topological polar surface area (TPSA) is 94.1 Å². The fourth-order valence-electron chi connectivity index (χ4n) is 4.94. The molecule has 9 heteroatoms. The summed E-state index contributed by atoms with van der Waals surface area (Å²) in [6.45, 7) is 4.81. The number of hydrogen-bond donors (Lipinski definition) is 0. The summed E-state index contributed by atoms with van der Waals surface area (Å²) in [5.41, 5.74) is 0. The Hall–Kier alpha value is -1.28. The third kappa shape index (κ3) is 36.0. The quantitative estimate of drug-likeness (QED) is 0.0214. The van der Waals surface area contributed by atoms with Crippen molar-refractivity contribution in [1.82, 2.24) is 0 Å². The van der Waals surface area contributed by atoms with Gasteiger partial charge in [0.15, 0.2) is 0 Å². The van der Waals surface area contributed by atoms with Gasteiger partial charge in [-0.25, -0.2) is 0 Å². The predicted molar refractivity (Wildman–Crippen MR) is 199 cm³/mol. The van der Waals surface area contributed by atoms with Crippen LogP contribution in [0.4, 0.5) is 0 Å². The third-order valence-electron chi connectivity index (χ3n) is 8.00. The summed E-state index contributed by atoms with van der Waals surface area (Å²) >= 11 is 0. The van der Waals surface area contributed by atoms with Crippen LogP contribution in [0.5, 0.6) is 0 Å². The van der Waals surface area contributed by atoms with Crippen molar-refractivity contribution in [3.8, 4) is 0 Å². The van der Waals surface area contributed by atoms with Gasteiger partial charge in [-0.3, -0.25) is 9.36 Å². The minimum absolute atomic E-state index is 0.0228. The fraction of sp³-hybridized carbons (Fsp3) is 0.821. The van der Waals surface area contributed by atoms with E-state index in [1.807, 2.05) is 21.1 Å². The Morgan fingerprint density at radius 3 is 1.62 bits per heavy atom. The number of allylic oxidation sites excluding steroid dienone is 6. The van der Waals surface area contributed by atoms with Crippen molar-refractivity contribution in [3.05, 3.63) is 36.5 Å². The summed E-state index contributed by atoms with van der Waals surface area (Å²) in [5, 5.41) is 0. The van der Waals surface area contributed by atoms with Crippen molar-refractivity contribution in [3.63, 3.8) is 0 Å². The van der Waals surface area contributed by atoms with Crippen LogP contribution in [0.25, 0.3) is 0 Å². The molecule has 8 nitrogen and oxygen atoms in total. The summed E-state index contributed by atoms with van der Waals surface area (Å²) < 4.78 is 33.5. The molecule has 0 aromatic rings. The highest BCUT2D eigenvalue weighted by Gasteiger charge is 2.19. The average Bonchev–Trinajstić information content (AvgIpc) is 3.04. The second kappa shape index (κ2) is 32.9. The van der Waals surface area contributed by atoms with Gasteiger partial charge in [0.2, 0.25) is 0 Å². The molecule has 0 saturated heterocycles. The summed E-state index contributed by atoms with van der Waals surface area (Å²) in [6, 6.07) is 0. The van der Waals surface area contributed by atoms with Crippen LogP contribution in [-0.4, -0.2) is 70.7 Å². The predicted octanol–water partition coefficient (Wildman–Crippen LogP) is 10.0. The Balaban J connectivity index is 3.68.